The summed E-state index contributed by atoms with van der Waals surface area (Å²) in [6.45, 7) is 3.75. The van der Waals surface area contributed by atoms with Gasteiger partial charge in [0.15, 0.2) is 0 Å². The molecule has 1 N–H and O–H groups in total. The number of carbonyl (C=O) groups excluding carboxylic acids is 2. The fraction of sp³-hybridized carbons (Fsp3) is 0.529. The van der Waals surface area contributed by atoms with Gasteiger partial charge in [0, 0.05) is 23.8 Å². The van der Waals surface area contributed by atoms with Gasteiger partial charge in [0.05, 0.1) is 0 Å². The van der Waals surface area contributed by atoms with Gasteiger partial charge in [-0.15, -0.1) is 0 Å². The van der Waals surface area contributed by atoms with Crippen LogP contribution in [0.2, 0.25) is 5.02 Å². The van der Waals surface area contributed by atoms with Crippen LogP contribution in [-0.2, 0) is 9.59 Å². The Morgan fingerprint density at radius 1 is 1.27 bits per heavy atom. The van der Waals surface area contributed by atoms with E-state index in [-0.39, 0.29) is 11.8 Å². The first kappa shape index (κ1) is 15.3. The maximum Gasteiger partial charge on any atom is 0.240 e. The van der Waals surface area contributed by atoms with Gasteiger partial charge >= 0.3 is 0 Å². The van der Waals surface area contributed by atoms with E-state index in [1.807, 2.05) is 4.90 Å². The molecule has 1 aromatic rings. The predicted molar refractivity (Wildman–Crippen MR) is 86.7 cm³/mol. The van der Waals surface area contributed by atoms with Gasteiger partial charge in [0.2, 0.25) is 11.8 Å². The maximum atomic E-state index is 12.7. The molecule has 1 saturated heterocycles. The molecule has 1 aromatic carbocycles. The van der Waals surface area contributed by atoms with E-state index in [0.29, 0.717) is 29.5 Å². The molecule has 2 aliphatic rings. The van der Waals surface area contributed by atoms with Crippen molar-refractivity contribution in [3.63, 3.8) is 0 Å². The van der Waals surface area contributed by atoms with Crippen molar-refractivity contribution >= 4 is 29.1 Å². The van der Waals surface area contributed by atoms with Gasteiger partial charge in [0.25, 0.3) is 0 Å². The quantitative estimate of drug-likeness (QED) is 0.869. The number of hydrogen-bond donors (Lipinski definition) is 1. The van der Waals surface area contributed by atoms with Crippen LogP contribution in [0.1, 0.15) is 32.6 Å². The number of anilines is 1. The molecule has 0 atom stereocenters. The molecule has 1 heterocycles. The molecule has 118 valence electrons. The van der Waals surface area contributed by atoms with E-state index in [9.17, 15) is 9.59 Å². The monoisotopic (exact) mass is 320 g/mol. The van der Waals surface area contributed by atoms with Gasteiger partial charge in [-0.25, -0.2) is 0 Å². The average Bonchev–Trinajstić information content (AvgIpc) is 3.29. The van der Waals surface area contributed by atoms with Crippen molar-refractivity contribution in [1.29, 1.82) is 0 Å². The summed E-state index contributed by atoms with van der Waals surface area (Å²) in [5.41, 5.74) is -0.202. The van der Waals surface area contributed by atoms with Crippen LogP contribution in [0, 0.1) is 11.3 Å². The van der Waals surface area contributed by atoms with Crippen LogP contribution in [0.4, 0.5) is 5.69 Å². The highest BCUT2D eigenvalue weighted by atomic mass is 35.5. The van der Waals surface area contributed by atoms with Gasteiger partial charge in [-0.3, -0.25) is 9.59 Å². The number of amides is 2. The van der Waals surface area contributed by atoms with E-state index >= 15 is 0 Å². The third-order valence-corrected chi connectivity index (χ3v) is 4.98. The zero-order valence-electron chi connectivity index (χ0n) is 12.8. The summed E-state index contributed by atoms with van der Waals surface area (Å²) in [5, 5.41) is 3.41. The number of nitrogens with zero attached hydrogens (tertiary/aromatic N) is 1. The van der Waals surface area contributed by atoms with Crippen LogP contribution in [0.15, 0.2) is 24.3 Å². The standard InChI is InChI=1S/C17H21ClN2O2/c1-12-5-9-20(10-6-12)16(22)17(7-8-17)15(21)19-14-4-2-3-13(18)11-14/h2-4,11-12H,5-10H2,1H3,(H,19,21). The second kappa shape index (κ2) is 5.92. The van der Waals surface area contributed by atoms with Crippen molar-refractivity contribution in [3.8, 4) is 0 Å². The molecule has 1 saturated carbocycles. The molecular weight excluding hydrogens is 300 g/mol. The van der Waals surface area contributed by atoms with Crippen LogP contribution in [0.25, 0.3) is 0 Å². The minimum absolute atomic E-state index is 0.000993. The van der Waals surface area contributed by atoms with E-state index in [1.165, 1.54) is 0 Å². The first-order valence-corrected chi connectivity index (χ1v) is 8.25. The Hall–Kier alpha value is -1.55. The highest BCUT2D eigenvalue weighted by Gasteiger charge is 2.58. The van der Waals surface area contributed by atoms with Crippen molar-refractivity contribution in [1.82, 2.24) is 4.90 Å². The lowest BCUT2D eigenvalue weighted by Crippen LogP contribution is -2.46. The summed E-state index contributed by atoms with van der Waals surface area (Å²) in [7, 11) is 0. The van der Waals surface area contributed by atoms with Crippen molar-refractivity contribution < 1.29 is 9.59 Å². The van der Waals surface area contributed by atoms with Crippen LogP contribution in [0.3, 0.4) is 0 Å². The van der Waals surface area contributed by atoms with Gasteiger partial charge in [-0.1, -0.05) is 24.6 Å². The van der Waals surface area contributed by atoms with Crippen molar-refractivity contribution in [2.24, 2.45) is 11.3 Å². The number of halogens is 1. The van der Waals surface area contributed by atoms with Crippen LogP contribution in [0.5, 0.6) is 0 Å². The smallest absolute Gasteiger partial charge is 0.240 e. The summed E-state index contributed by atoms with van der Waals surface area (Å²) < 4.78 is 0. The van der Waals surface area contributed by atoms with E-state index in [4.69, 9.17) is 11.6 Å². The largest absolute Gasteiger partial charge is 0.342 e. The molecule has 0 spiro atoms. The summed E-state index contributed by atoms with van der Waals surface area (Å²) in [6.07, 6.45) is 3.34. The Kier molecular flexibility index (Phi) is 4.13. The van der Waals surface area contributed by atoms with Crippen LogP contribution < -0.4 is 5.32 Å². The minimum atomic E-state index is -0.844. The molecule has 5 heteroatoms. The summed E-state index contributed by atoms with van der Waals surface area (Å²) in [6, 6.07) is 7.02. The molecular formula is C17H21ClN2O2. The molecule has 2 fully saturated rings. The summed E-state index contributed by atoms with van der Waals surface area (Å²) >= 11 is 5.93. The Bertz CT molecular complexity index is 590. The Morgan fingerprint density at radius 2 is 1.95 bits per heavy atom. The Morgan fingerprint density at radius 3 is 2.55 bits per heavy atom. The maximum absolute atomic E-state index is 12.7. The second-order valence-electron chi connectivity index (χ2n) is 6.52. The first-order valence-electron chi connectivity index (χ1n) is 7.88. The predicted octanol–water partition coefficient (Wildman–Crippen LogP) is 3.32. The van der Waals surface area contributed by atoms with Gasteiger partial charge in [0.1, 0.15) is 5.41 Å². The lowest BCUT2D eigenvalue weighted by atomic mass is 9.96. The average molecular weight is 321 g/mol. The number of hydrogen-bond acceptors (Lipinski definition) is 2. The number of nitrogens with one attached hydrogen (secondary N) is 1. The molecule has 0 aromatic heterocycles. The van der Waals surface area contributed by atoms with Gasteiger partial charge in [-0.05, 0) is 49.8 Å². The highest BCUT2D eigenvalue weighted by molar-refractivity contribution is 6.31. The van der Waals surface area contributed by atoms with E-state index in [2.05, 4.69) is 12.2 Å². The highest BCUT2D eigenvalue weighted by Crippen LogP contribution is 2.48. The normalized spacial score (nSPS) is 20.5. The van der Waals surface area contributed by atoms with Crippen molar-refractivity contribution in [2.45, 2.75) is 32.6 Å². The van der Waals surface area contributed by atoms with Crippen molar-refractivity contribution in [2.75, 3.05) is 18.4 Å². The molecule has 0 unspecified atom stereocenters. The molecule has 2 amide bonds. The molecule has 0 radical (unpaired) electrons. The number of piperidine rings is 1. The third kappa shape index (κ3) is 2.98. The van der Waals surface area contributed by atoms with Crippen molar-refractivity contribution in [3.05, 3.63) is 29.3 Å². The second-order valence-corrected chi connectivity index (χ2v) is 6.96. The van der Waals surface area contributed by atoms with Gasteiger partial charge < -0.3 is 10.2 Å². The molecule has 3 rings (SSSR count). The topological polar surface area (TPSA) is 49.4 Å². The minimum Gasteiger partial charge on any atom is -0.342 e. The van der Waals surface area contributed by atoms with Gasteiger partial charge in [-0.2, -0.15) is 0 Å². The fourth-order valence-corrected chi connectivity index (χ4v) is 3.18. The number of rotatable bonds is 3. The Labute approximate surface area is 135 Å². The van der Waals surface area contributed by atoms with E-state index < -0.39 is 5.41 Å². The third-order valence-electron chi connectivity index (χ3n) is 4.75. The molecule has 0 bridgehead atoms. The SMILES string of the molecule is CC1CCN(C(=O)C2(C(=O)Nc3cccc(Cl)c3)CC2)CC1. The lowest BCUT2D eigenvalue weighted by molar-refractivity contribution is -0.143. The number of carbonyl (C=O) groups is 2. The number of benzene rings is 1. The molecule has 1 aliphatic heterocycles. The first-order chi connectivity index (χ1) is 10.5. The zero-order valence-corrected chi connectivity index (χ0v) is 13.5. The lowest BCUT2D eigenvalue weighted by Gasteiger charge is -2.32. The summed E-state index contributed by atoms with van der Waals surface area (Å²) in [4.78, 5) is 27.1. The fourth-order valence-electron chi connectivity index (χ4n) is 2.99. The molecule has 22 heavy (non-hydrogen) atoms. The molecule has 1 aliphatic carbocycles. The van der Waals surface area contributed by atoms with E-state index in [0.717, 1.165) is 25.9 Å². The number of likely N-dealkylation sites (tertiary alicyclic amines) is 1. The molecule has 4 nitrogen and oxygen atoms in total. The van der Waals surface area contributed by atoms with Crippen LogP contribution >= 0.6 is 11.6 Å². The summed E-state index contributed by atoms with van der Waals surface area (Å²) in [5.74, 6) is 0.469. The van der Waals surface area contributed by atoms with E-state index in [1.54, 1.807) is 24.3 Å². The van der Waals surface area contributed by atoms with Crippen LogP contribution in [-0.4, -0.2) is 29.8 Å². The zero-order chi connectivity index (χ0) is 15.7. The Balaban J connectivity index is 1.67.